The van der Waals surface area contributed by atoms with Crippen LogP contribution in [-0.4, -0.2) is 18.9 Å². The second-order valence-electron chi connectivity index (χ2n) is 7.96. The van der Waals surface area contributed by atoms with Gasteiger partial charge in [-0.1, -0.05) is 69.2 Å². The van der Waals surface area contributed by atoms with Crippen molar-refractivity contribution >= 4 is 6.09 Å². The van der Waals surface area contributed by atoms with Crippen LogP contribution in [0.1, 0.15) is 57.6 Å². The van der Waals surface area contributed by atoms with Gasteiger partial charge < -0.3 is 9.47 Å². The average molecular weight is 382 g/mol. The number of amides is 1. The van der Waals surface area contributed by atoms with Gasteiger partial charge in [0.25, 0.3) is 0 Å². The van der Waals surface area contributed by atoms with Crippen LogP contribution in [0.25, 0.3) is 0 Å². The molecule has 0 bridgehead atoms. The first-order valence-corrected chi connectivity index (χ1v) is 10.3. The van der Waals surface area contributed by atoms with Crippen LogP contribution in [0.5, 0.6) is 5.75 Å². The number of benzene rings is 2. The molecule has 0 radical (unpaired) electrons. The highest BCUT2D eigenvalue weighted by Gasteiger charge is 2.29. The molecule has 3 rings (SSSR count). The Labute approximate surface area is 168 Å². The Balaban J connectivity index is 1.72. The summed E-state index contributed by atoms with van der Waals surface area (Å²) in [5.74, 6) is 1.09. The molecule has 1 N–H and O–H groups in total. The van der Waals surface area contributed by atoms with Crippen molar-refractivity contribution in [2.45, 2.75) is 58.1 Å². The first-order chi connectivity index (χ1) is 13.5. The molecule has 2 aromatic rings. The van der Waals surface area contributed by atoms with Gasteiger partial charge in [-0.3, -0.25) is 5.32 Å². The molecule has 1 atom stereocenters. The molecule has 0 spiro atoms. The molecule has 1 saturated carbocycles. The van der Waals surface area contributed by atoms with Gasteiger partial charge in [-0.25, -0.2) is 4.79 Å². The van der Waals surface area contributed by atoms with E-state index in [0.29, 0.717) is 12.5 Å². The lowest BCUT2D eigenvalue weighted by molar-refractivity contribution is 0.0819. The van der Waals surface area contributed by atoms with E-state index in [1.807, 2.05) is 18.2 Å². The number of carbonyl (C=O) groups excluding carboxylic acids is 1. The minimum Gasteiger partial charge on any atom is -0.470 e. The van der Waals surface area contributed by atoms with E-state index < -0.39 is 6.09 Å². The van der Waals surface area contributed by atoms with Gasteiger partial charge in [-0.2, -0.15) is 0 Å². The van der Waals surface area contributed by atoms with Gasteiger partial charge in [0, 0.05) is 11.3 Å². The minimum atomic E-state index is -0.416. The lowest BCUT2D eigenvalue weighted by Gasteiger charge is -2.28. The molecule has 1 aliphatic carbocycles. The maximum Gasteiger partial charge on any atom is 0.409 e. The summed E-state index contributed by atoms with van der Waals surface area (Å²) in [5.41, 5.74) is 2.41. The van der Waals surface area contributed by atoms with Gasteiger partial charge in [0.1, 0.15) is 5.75 Å². The Morgan fingerprint density at radius 1 is 1.04 bits per heavy atom. The summed E-state index contributed by atoms with van der Waals surface area (Å²) in [4.78, 5) is 11.9. The summed E-state index contributed by atoms with van der Waals surface area (Å²) in [7, 11) is 0. The van der Waals surface area contributed by atoms with E-state index in [0.717, 1.165) is 18.6 Å². The molecule has 4 heteroatoms. The van der Waals surface area contributed by atoms with Crippen molar-refractivity contribution in [1.29, 1.82) is 0 Å². The summed E-state index contributed by atoms with van der Waals surface area (Å²) < 4.78 is 11.2. The maximum absolute atomic E-state index is 11.9. The van der Waals surface area contributed by atoms with Crippen LogP contribution < -0.4 is 10.1 Å². The van der Waals surface area contributed by atoms with Crippen molar-refractivity contribution in [3.8, 4) is 5.75 Å². The molecule has 1 unspecified atom stereocenters. The third-order valence-electron chi connectivity index (χ3n) is 5.70. The summed E-state index contributed by atoms with van der Waals surface area (Å²) in [6.45, 7) is 6.61. The van der Waals surface area contributed by atoms with Crippen molar-refractivity contribution in [2.75, 3.05) is 6.61 Å². The van der Waals surface area contributed by atoms with Gasteiger partial charge >= 0.3 is 6.09 Å². The third-order valence-corrected chi connectivity index (χ3v) is 5.70. The van der Waals surface area contributed by atoms with Crippen LogP contribution in [-0.2, 0) is 10.2 Å². The Morgan fingerprint density at radius 2 is 1.64 bits per heavy atom. The van der Waals surface area contributed by atoms with Crippen LogP contribution in [0, 0.1) is 5.92 Å². The fourth-order valence-electron chi connectivity index (χ4n) is 3.91. The lowest BCUT2D eigenvalue weighted by atomic mass is 9.78. The van der Waals surface area contributed by atoms with Crippen LogP contribution in [0.15, 0.2) is 54.6 Å². The van der Waals surface area contributed by atoms with Crippen LogP contribution in [0.4, 0.5) is 4.79 Å². The lowest BCUT2D eigenvalue weighted by Crippen LogP contribution is -2.44. The number of carbonyl (C=O) groups is 1. The van der Waals surface area contributed by atoms with Crippen molar-refractivity contribution in [3.05, 3.63) is 65.7 Å². The summed E-state index contributed by atoms with van der Waals surface area (Å²) in [6.07, 6.45) is 3.72. The quantitative estimate of drug-likeness (QED) is 0.630. The Kier molecular flexibility index (Phi) is 6.61. The topological polar surface area (TPSA) is 47.6 Å². The van der Waals surface area contributed by atoms with Gasteiger partial charge in [0.15, 0.2) is 6.23 Å². The first kappa shape index (κ1) is 20.2. The van der Waals surface area contributed by atoms with E-state index in [4.69, 9.17) is 9.47 Å². The smallest absolute Gasteiger partial charge is 0.409 e. The van der Waals surface area contributed by atoms with Crippen LogP contribution in [0.2, 0.25) is 0 Å². The highest BCUT2D eigenvalue weighted by Crippen LogP contribution is 2.33. The Bertz CT molecular complexity index is 749. The number of nitrogens with one attached hydrogen (secondary N) is 1. The minimum absolute atomic E-state index is 0.0895. The van der Waals surface area contributed by atoms with E-state index in [1.165, 1.54) is 24.0 Å². The number of hydrogen-bond donors (Lipinski definition) is 1. The fraction of sp³-hybridized carbons (Fsp3) is 0.458. The molecule has 0 aliphatic heterocycles. The van der Waals surface area contributed by atoms with E-state index in [-0.39, 0.29) is 11.6 Å². The highest BCUT2D eigenvalue weighted by molar-refractivity contribution is 5.67. The molecule has 1 fully saturated rings. The van der Waals surface area contributed by atoms with E-state index in [9.17, 15) is 4.79 Å². The number of hydrogen-bond acceptors (Lipinski definition) is 3. The van der Waals surface area contributed by atoms with Crippen molar-refractivity contribution < 1.29 is 14.3 Å². The molecule has 4 nitrogen and oxygen atoms in total. The highest BCUT2D eigenvalue weighted by atomic mass is 16.6. The van der Waals surface area contributed by atoms with Crippen LogP contribution >= 0.6 is 0 Å². The normalized spacial score (nSPS) is 15.8. The van der Waals surface area contributed by atoms with Crippen molar-refractivity contribution in [2.24, 2.45) is 5.92 Å². The molecule has 28 heavy (non-hydrogen) atoms. The molecule has 1 amide bonds. The Hall–Kier alpha value is -2.49. The fourth-order valence-corrected chi connectivity index (χ4v) is 3.91. The van der Waals surface area contributed by atoms with Gasteiger partial charge in [-0.15, -0.1) is 0 Å². The standard InChI is InChI=1S/C24H31NO3/c1-4-27-23(26)25-22(18-10-8-9-11-18)28-21-16-14-20(15-17-21)24(2,3)19-12-6-5-7-13-19/h5-7,12-18,22H,4,8-11H2,1-3H3,(H,25,26). The molecule has 2 aromatic carbocycles. The zero-order valence-corrected chi connectivity index (χ0v) is 17.1. The first-order valence-electron chi connectivity index (χ1n) is 10.3. The number of ether oxygens (including phenoxy) is 2. The van der Waals surface area contributed by atoms with E-state index >= 15 is 0 Å². The summed E-state index contributed by atoms with van der Waals surface area (Å²) in [5, 5.41) is 2.90. The zero-order valence-electron chi connectivity index (χ0n) is 17.1. The SMILES string of the molecule is CCOC(=O)NC(Oc1ccc(C(C)(C)c2ccccc2)cc1)C1CCCC1. The number of alkyl carbamates (subject to hydrolysis) is 1. The molecule has 0 heterocycles. The van der Waals surface area contributed by atoms with E-state index in [2.05, 4.69) is 55.6 Å². The third kappa shape index (κ3) is 4.86. The molecular formula is C24H31NO3. The average Bonchev–Trinajstić information content (AvgIpc) is 3.24. The molecular weight excluding hydrogens is 350 g/mol. The van der Waals surface area contributed by atoms with E-state index in [1.54, 1.807) is 6.92 Å². The predicted octanol–water partition coefficient (Wildman–Crippen LogP) is 5.65. The largest absolute Gasteiger partial charge is 0.470 e. The summed E-state index contributed by atoms with van der Waals surface area (Å²) >= 11 is 0. The Morgan fingerprint density at radius 3 is 2.25 bits per heavy atom. The monoisotopic (exact) mass is 381 g/mol. The van der Waals surface area contributed by atoms with Gasteiger partial charge in [-0.05, 0) is 43.0 Å². The molecule has 150 valence electrons. The second kappa shape index (κ2) is 9.13. The molecule has 1 aliphatic rings. The van der Waals surface area contributed by atoms with Crippen LogP contribution in [0.3, 0.4) is 0 Å². The molecule has 0 saturated heterocycles. The maximum atomic E-state index is 11.9. The molecule has 0 aromatic heterocycles. The van der Waals surface area contributed by atoms with Gasteiger partial charge in [0.05, 0.1) is 6.61 Å². The number of rotatable bonds is 7. The summed E-state index contributed by atoms with van der Waals surface area (Å²) in [6, 6.07) is 18.7. The van der Waals surface area contributed by atoms with Crippen molar-refractivity contribution in [3.63, 3.8) is 0 Å². The zero-order chi connectivity index (χ0) is 20.0. The second-order valence-corrected chi connectivity index (χ2v) is 7.96. The van der Waals surface area contributed by atoms with Crippen molar-refractivity contribution in [1.82, 2.24) is 5.32 Å². The predicted molar refractivity (Wildman–Crippen MR) is 112 cm³/mol. The van der Waals surface area contributed by atoms with Gasteiger partial charge in [0.2, 0.25) is 0 Å².